The SMILES string of the molecule is [C]#CCOCC=C. The van der Waals surface area contributed by atoms with Crippen molar-refractivity contribution in [3.8, 4) is 5.92 Å². The second-order valence-electron chi connectivity index (χ2n) is 0.981. The van der Waals surface area contributed by atoms with Crippen molar-refractivity contribution in [3.63, 3.8) is 0 Å². The zero-order valence-electron chi connectivity index (χ0n) is 4.11. The molecule has 0 aliphatic carbocycles. The molecule has 0 saturated carbocycles. The van der Waals surface area contributed by atoms with Crippen molar-refractivity contribution < 1.29 is 4.74 Å². The van der Waals surface area contributed by atoms with Gasteiger partial charge in [-0.25, -0.2) is 0 Å². The number of hydrogen-bond acceptors (Lipinski definition) is 1. The van der Waals surface area contributed by atoms with Crippen LogP contribution in [0.4, 0.5) is 0 Å². The van der Waals surface area contributed by atoms with Crippen LogP contribution >= 0.6 is 0 Å². The minimum Gasteiger partial charge on any atom is -0.365 e. The van der Waals surface area contributed by atoms with Crippen LogP contribution in [0.1, 0.15) is 0 Å². The first kappa shape index (κ1) is 6.26. The molecule has 0 saturated heterocycles. The maximum absolute atomic E-state index is 6.37. The van der Waals surface area contributed by atoms with E-state index in [0.717, 1.165) is 0 Å². The maximum atomic E-state index is 6.37. The summed E-state index contributed by atoms with van der Waals surface area (Å²) in [5.74, 6) is 2.08. The van der Waals surface area contributed by atoms with E-state index in [2.05, 4.69) is 12.5 Å². The molecule has 7 heavy (non-hydrogen) atoms. The summed E-state index contributed by atoms with van der Waals surface area (Å²) in [6.45, 7) is 4.19. The average Bonchev–Trinajstić information content (AvgIpc) is 1.69. The van der Waals surface area contributed by atoms with Gasteiger partial charge in [0.05, 0.1) is 6.61 Å². The fourth-order valence-electron chi connectivity index (χ4n) is 0.193. The molecular formula is C6H7O. The Balaban J connectivity index is 2.72. The minimum atomic E-state index is 0.270. The van der Waals surface area contributed by atoms with Crippen molar-refractivity contribution >= 4 is 0 Å². The van der Waals surface area contributed by atoms with Gasteiger partial charge in [-0.3, -0.25) is 0 Å². The Kier molecular flexibility index (Phi) is 4.70. The maximum Gasteiger partial charge on any atom is 0.109 e. The van der Waals surface area contributed by atoms with Crippen LogP contribution in [0.15, 0.2) is 12.7 Å². The van der Waals surface area contributed by atoms with Gasteiger partial charge >= 0.3 is 0 Å². The molecular weight excluding hydrogens is 88.1 g/mol. The van der Waals surface area contributed by atoms with E-state index in [-0.39, 0.29) is 6.61 Å². The average molecular weight is 95.1 g/mol. The summed E-state index contributed by atoms with van der Waals surface area (Å²) in [7, 11) is 0. The quantitative estimate of drug-likeness (QED) is 0.286. The van der Waals surface area contributed by atoms with Crippen molar-refractivity contribution in [1.29, 1.82) is 0 Å². The van der Waals surface area contributed by atoms with Gasteiger partial charge in [-0.2, -0.15) is 0 Å². The summed E-state index contributed by atoms with van der Waals surface area (Å²) in [6, 6.07) is 0. The second kappa shape index (κ2) is 5.26. The lowest BCUT2D eigenvalue weighted by molar-refractivity contribution is 0.199. The Hall–Kier alpha value is -0.740. The highest BCUT2D eigenvalue weighted by atomic mass is 16.5. The normalized spacial score (nSPS) is 7.29. The van der Waals surface area contributed by atoms with Crippen molar-refractivity contribution in [1.82, 2.24) is 0 Å². The summed E-state index contributed by atoms with van der Waals surface area (Å²) in [5.41, 5.74) is 0. The molecule has 0 aromatic heterocycles. The third-order valence-electron chi connectivity index (χ3n) is 0.410. The molecule has 0 bridgehead atoms. The molecule has 1 radical (unpaired) electrons. The van der Waals surface area contributed by atoms with E-state index >= 15 is 0 Å². The molecule has 0 spiro atoms. The van der Waals surface area contributed by atoms with Gasteiger partial charge < -0.3 is 4.74 Å². The Bertz CT molecular complexity index is 78.7. The third kappa shape index (κ3) is 5.26. The molecule has 0 unspecified atom stereocenters. The Morgan fingerprint density at radius 2 is 2.57 bits per heavy atom. The van der Waals surface area contributed by atoms with E-state index in [4.69, 9.17) is 11.2 Å². The molecule has 0 aliphatic heterocycles. The largest absolute Gasteiger partial charge is 0.365 e. The van der Waals surface area contributed by atoms with Gasteiger partial charge in [0.15, 0.2) is 0 Å². The van der Waals surface area contributed by atoms with Crippen molar-refractivity contribution in [2.24, 2.45) is 0 Å². The van der Waals surface area contributed by atoms with Crippen LogP contribution < -0.4 is 0 Å². The fraction of sp³-hybridized carbons (Fsp3) is 0.333. The summed E-state index contributed by atoms with van der Waals surface area (Å²) < 4.78 is 4.72. The molecule has 0 rings (SSSR count). The van der Waals surface area contributed by atoms with Gasteiger partial charge in [-0.05, 0) is 6.42 Å². The molecule has 0 atom stereocenters. The first-order valence-corrected chi connectivity index (χ1v) is 2.00. The Morgan fingerprint density at radius 3 is 3.00 bits per heavy atom. The van der Waals surface area contributed by atoms with Crippen LogP contribution in [-0.4, -0.2) is 13.2 Å². The van der Waals surface area contributed by atoms with E-state index in [1.807, 2.05) is 0 Å². The predicted molar refractivity (Wildman–Crippen MR) is 28.1 cm³/mol. The van der Waals surface area contributed by atoms with Gasteiger partial charge in [0.1, 0.15) is 6.61 Å². The summed E-state index contributed by atoms with van der Waals surface area (Å²) in [6.07, 6.45) is 8.01. The summed E-state index contributed by atoms with van der Waals surface area (Å²) in [4.78, 5) is 0. The summed E-state index contributed by atoms with van der Waals surface area (Å²) >= 11 is 0. The molecule has 37 valence electrons. The van der Waals surface area contributed by atoms with E-state index < -0.39 is 0 Å². The summed E-state index contributed by atoms with van der Waals surface area (Å²) in [5, 5.41) is 0. The van der Waals surface area contributed by atoms with Crippen LogP contribution in [0.5, 0.6) is 0 Å². The molecule has 0 fully saturated rings. The van der Waals surface area contributed by atoms with Crippen molar-refractivity contribution in [3.05, 3.63) is 19.1 Å². The lowest BCUT2D eigenvalue weighted by Gasteiger charge is -1.87. The first-order valence-electron chi connectivity index (χ1n) is 2.00. The van der Waals surface area contributed by atoms with Crippen LogP contribution in [0.3, 0.4) is 0 Å². The highest BCUT2D eigenvalue weighted by Crippen LogP contribution is 1.69. The van der Waals surface area contributed by atoms with E-state index in [0.29, 0.717) is 6.61 Å². The molecule has 0 aliphatic rings. The van der Waals surface area contributed by atoms with Crippen LogP contribution in [0, 0.1) is 12.3 Å². The van der Waals surface area contributed by atoms with Crippen molar-refractivity contribution in [2.75, 3.05) is 13.2 Å². The topological polar surface area (TPSA) is 9.23 Å². The highest BCUT2D eigenvalue weighted by Gasteiger charge is 1.71. The Labute approximate surface area is 44.0 Å². The number of rotatable bonds is 3. The van der Waals surface area contributed by atoms with E-state index in [1.165, 1.54) is 0 Å². The zero-order chi connectivity index (χ0) is 5.54. The second-order valence-corrected chi connectivity index (χ2v) is 0.981. The van der Waals surface area contributed by atoms with Crippen LogP contribution in [-0.2, 0) is 4.74 Å². The number of hydrogen-bond donors (Lipinski definition) is 0. The predicted octanol–water partition coefficient (Wildman–Crippen LogP) is 0.779. The van der Waals surface area contributed by atoms with Crippen LogP contribution in [0.2, 0.25) is 0 Å². The molecule has 1 heteroatoms. The van der Waals surface area contributed by atoms with Gasteiger partial charge in [0.2, 0.25) is 0 Å². The van der Waals surface area contributed by atoms with Gasteiger partial charge in [-0.1, -0.05) is 12.0 Å². The van der Waals surface area contributed by atoms with E-state index in [1.54, 1.807) is 6.08 Å². The molecule has 0 heterocycles. The molecule has 0 aromatic rings. The lowest BCUT2D eigenvalue weighted by Crippen LogP contribution is -1.88. The molecule has 0 aromatic carbocycles. The molecule has 0 N–H and O–H groups in total. The Morgan fingerprint density at radius 1 is 1.86 bits per heavy atom. The van der Waals surface area contributed by atoms with Crippen molar-refractivity contribution in [2.45, 2.75) is 0 Å². The van der Waals surface area contributed by atoms with E-state index in [9.17, 15) is 0 Å². The van der Waals surface area contributed by atoms with Gasteiger partial charge in [-0.15, -0.1) is 6.58 Å². The number of ether oxygens (including phenoxy) is 1. The smallest absolute Gasteiger partial charge is 0.109 e. The van der Waals surface area contributed by atoms with Gasteiger partial charge in [0.25, 0.3) is 0 Å². The minimum absolute atomic E-state index is 0.270. The zero-order valence-corrected chi connectivity index (χ0v) is 4.11. The standard InChI is InChI=1S/C6H7O/c1-3-5-7-6-4-2/h3H,1,5-6H2. The fourth-order valence-corrected chi connectivity index (χ4v) is 0.193. The van der Waals surface area contributed by atoms with Gasteiger partial charge in [0, 0.05) is 0 Å². The third-order valence-corrected chi connectivity index (χ3v) is 0.410. The monoisotopic (exact) mass is 95.0 g/mol. The first-order chi connectivity index (χ1) is 3.41. The highest BCUT2D eigenvalue weighted by molar-refractivity contribution is 4.75. The van der Waals surface area contributed by atoms with Crippen LogP contribution in [0.25, 0.3) is 0 Å². The molecule has 0 amide bonds. The lowest BCUT2D eigenvalue weighted by atomic mass is 10.7. The molecule has 1 nitrogen and oxygen atoms in total.